The van der Waals surface area contributed by atoms with Gasteiger partial charge in [-0.3, -0.25) is 0 Å². The van der Waals surface area contributed by atoms with Gasteiger partial charge in [0.1, 0.15) is 11.7 Å². The Kier molecular flexibility index (Phi) is 1.29. The Morgan fingerprint density at radius 2 is 1.78 bits per heavy atom. The molecule has 48 valence electrons. The van der Waals surface area contributed by atoms with Crippen molar-refractivity contribution in [2.24, 2.45) is 0 Å². The second-order valence-corrected chi connectivity index (χ2v) is 2.04. The zero-order valence-corrected chi connectivity index (χ0v) is 5.34. The lowest BCUT2D eigenvalue weighted by Gasteiger charge is -1.92. The summed E-state index contributed by atoms with van der Waals surface area (Å²) in [6.07, 6.45) is 5.34. The quantitative estimate of drug-likeness (QED) is 0.410. The van der Waals surface area contributed by atoms with Crippen LogP contribution in [0.4, 0.5) is 0 Å². The molecule has 0 aromatic rings. The third-order valence-electron chi connectivity index (χ3n) is 1.57. The number of ether oxygens (including phenoxy) is 1. The molecule has 1 aliphatic heterocycles. The van der Waals surface area contributed by atoms with Gasteiger partial charge < -0.3 is 4.74 Å². The van der Waals surface area contributed by atoms with Gasteiger partial charge in [-0.15, -0.1) is 6.58 Å². The van der Waals surface area contributed by atoms with E-state index >= 15 is 0 Å². The van der Waals surface area contributed by atoms with Gasteiger partial charge in [0.15, 0.2) is 0 Å². The molecule has 0 aliphatic carbocycles. The molecule has 0 N–H and O–H groups in total. The van der Waals surface area contributed by atoms with Crippen LogP contribution in [0.15, 0.2) is 38.0 Å². The van der Waals surface area contributed by atoms with Gasteiger partial charge in [0, 0.05) is 0 Å². The lowest BCUT2D eigenvalue weighted by molar-refractivity contribution is 0.376. The van der Waals surface area contributed by atoms with E-state index in [1.165, 1.54) is 0 Å². The van der Waals surface area contributed by atoms with Crippen molar-refractivity contribution in [1.29, 1.82) is 0 Å². The van der Waals surface area contributed by atoms with E-state index in [1.54, 1.807) is 18.2 Å². The predicted octanol–water partition coefficient (Wildman–Crippen LogP) is 1.68. The summed E-state index contributed by atoms with van der Waals surface area (Å²) in [5, 5.41) is 0. The molecule has 0 bridgehead atoms. The summed E-state index contributed by atoms with van der Waals surface area (Å²) in [7, 11) is 0. The van der Waals surface area contributed by atoms with Gasteiger partial charge in [-0.05, 0) is 0 Å². The van der Waals surface area contributed by atoms with Crippen molar-refractivity contribution >= 4 is 0 Å². The largest absolute Gasteiger partial charge is 0.353 e. The van der Waals surface area contributed by atoms with Crippen LogP contribution >= 0.6 is 0 Å². The molecule has 0 amide bonds. The first kappa shape index (κ1) is 6.30. The second kappa shape index (κ2) is 1.85. The highest BCUT2D eigenvalue weighted by Gasteiger charge is 2.49. The van der Waals surface area contributed by atoms with Gasteiger partial charge in [0.25, 0.3) is 0 Å². The van der Waals surface area contributed by atoms with Gasteiger partial charge in [-0.1, -0.05) is 31.4 Å². The van der Waals surface area contributed by atoms with Crippen LogP contribution in [-0.2, 0) is 4.74 Å². The Labute approximate surface area is 55.3 Å². The van der Waals surface area contributed by atoms with Crippen molar-refractivity contribution in [3.8, 4) is 0 Å². The molecule has 1 saturated heterocycles. The van der Waals surface area contributed by atoms with Gasteiger partial charge in [0.2, 0.25) is 0 Å². The molecular weight excluding hydrogens is 112 g/mol. The minimum absolute atomic E-state index is 0.104. The van der Waals surface area contributed by atoms with Crippen molar-refractivity contribution in [2.75, 3.05) is 0 Å². The first-order valence-corrected chi connectivity index (χ1v) is 2.86. The van der Waals surface area contributed by atoms with Crippen LogP contribution in [0.3, 0.4) is 0 Å². The molecule has 1 nitrogen and oxygen atoms in total. The van der Waals surface area contributed by atoms with Crippen molar-refractivity contribution in [3.05, 3.63) is 38.0 Å². The molecule has 1 unspecified atom stereocenters. The highest BCUT2D eigenvalue weighted by atomic mass is 16.6. The standard InChI is InChI=1S/C8H10O/c1-4-7-8(5-2,6-3)9-7/h4-7H,1-3H2. The molecule has 1 heteroatoms. The highest BCUT2D eigenvalue weighted by molar-refractivity contribution is 5.28. The summed E-state index contributed by atoms with van der Waals surface area (Å²) in [6.45, 7) is 10.8. The van der Waals surface area contributed by atoms with Crippen LogP contribution in [-0.4, -0.2) is 11.7 Å². The molecular formula is C8H10O. The summed E-state index contributed by atoms with van der Waals surface area (Å²) in [5.41, 5.74) is -0.290. The molecule has 1 atom stereocenters. The minimum Gasteiger partial charge on any atom is -0.353 e. The molecule has 0 radical (unpaired) electrons. The number of hydrogen-bond acceptors (Lipinski definition) is 1. The topological polar surface area (TPSA) is 12.5 Å². The SMILES string of the molecule is C=CC1OC1(C=C)C=C. The fourth-order valence-corrected chi connectivity index (χ4v) is 0.830. The lowest BCUT2D eigenvalue weighted by Crippen LogP contribution is -2.03. The molecule has 1 aliphatic rings. The average Bonchev–Trinajstić information content (AvgIpc) is 2.63. The molecule has 0 aromatic heterocycles. The van der Waals surface area contributed by atoms with E-state index < -0.39 is 0 Å². The number of hydrogen-bond donors (Lipinski definition) is 0. The average molecular weight is 122 g/mol. The van der Waals surface area contributed by atoms with Gasteiger partial charge in [-0.2, -0.15) is 0 Å². The van der Waals surface area contributed by atoms with Crippen LogP contribution < -0.4 is 0 Å². The maximum absolute atomic E-state index is 5.20. The van der Waals surface area contributed by atoms with Crippen molar-refractivity contribution in [3.63, 3.8) is 0 Å². The lowest BCUT2D eigenvalue weighted by atomic mass is 10.1. The Balaban J connectivity index is 2.67. The van der Waals surface area contributed by atoms with E-state index in [2.05, 4.69) is 19.7 Å². The Morgan fingerprint density at radius 1 is 1.22 bits per heavy atom. The summed E-state index contributed by atoms with van der Waals surface area (Å²) >= 11 is 0. The molecule has 0 spiro atoms. The predicted molar refractivity (Wildman–Crippen MR) is 38.2 cm³/mol. The van der Waals surface area contributed by atoms with Crippen molar-refractivity contribution in [2.45, 2.75) is 11.7 Å². The normalized spacial score (nSPS) is 28.7. The monoisotopic (exact) mass is 122 g/mol. The highest BCUT2D eigenvalue weighted by Crippen LogP contribution is 2.39. The van der Waals surface area contributed by atoms with Gasteiger partial charge in [0.05, 0.1) is 0 Å². The van der Waals surface area contributed by atoms with E-state index in [-0.39, 0.29) is 11.7 Å². The zero-order valence-electron chi connectivity index (χ0n) is 5.34. The fourth-order valence-electron chi connectivity index (χ4n) is 0.830. The number of epoxide rings is 1. The first-order chi connectivity index (χ1) is 4.29. The third kappa shape index (κ3) is 0.736. The number of rotatable bonds is 3. The van der Waals surface area contributed by atoms with E-state index in [0.717, 1.165) is 0 Å². The van der Waals surface area contributed by atoms with E-state index in [1.807, 2.05) is 0 Å². The van der Waals surface area contributed by atoms with Gasteiger partial charge >= 0.3 is 0 Å². The first-order valence-electron chi connectivity index (χ1n) is 2.86. The molecule has 1 heterocycles. The molecule has 0 aromatic carbocycles. The summed E-state index contributed by atoms with van der Waals surface area (Å²) in [4.78, 5) is 0. The van der Waals surface area contributed by atoms with Gasteiger partial charge in [-0.25, -0.2) is 0 Å². The van der Waals surface area contributed by atoms with E-state index in [0.29, 0.717) is 0 Å². The molecule has 1 rings (SSSR count). The molecule has 1 fully saturated rings. The Bertz CT molecular complexity index is 150. The van der Waals surface area contributed by atoms with Crippen LogP contribution in [0.1, 0.15) is 0 Å². The Hall–Kier alpha value is -0.820. The van der Waals surface area contributed by atoms with Crippen LogP contribution in [0.5, 0.6) is 0 Å². The minimum atomic E-state index is -0.290. The van der Waals surface area contributed by atoms with Crippen LogP contribution in [0, 0.1) is 0 Å². The van der Waals surface area contributed by atoms with Crippen LogP contribution in [0.2, 0.25) is 0 Å². The van der Waals surface area contributed by atoms with Crippen molar-refractivity contribution < 1.29 is 4.74 Å². The van der Waals surface area contributed by atoms with E-state index in [9.17, 15) is 0 Å². The Morgan fingerprint density at radius 3 is 1.89 bits per heavy atom. The summed E-state index contributed by atoms with van der Waals surface area (Å²) < 4.78 is 5.20. The van der Waals surface area contributed by atoms with Crippen molar-refractivity contribution in [1.82, 2.24) is 0 Å². The summed E-state index contributed by atoms with van der Waals surface area (Å²) in [5.74, 6) is 0. The third-order valence-corrected chi connectivity index (χ3v) is 1.57. The smallest absolute Gasteiger partial charge is 0.134 e. The fraction of sp³-hybridized carbons (Fsp3) is 0.250. The zero-order chi connectivity index (χ0) is 6.91. The molecule has 0 saturated carbocycles. The van der Waals surface area contributed by atoms with Crippen LogP contribution in [0.25, 0.3) is 0 Å². The van der Waals surface area contributed by atoms with E-state index in [4.69, 9.17) is 4.74 Å². The molecule has 9 heavy (non-hydrogen) atoms. The second-order valence-electron chi connectivity index (χ2n) is 2.04. The summed E-state index contributed by atoms with van der Waals surface area (Å²) in [6, 6.07) is 0. The maximum atomic E-state index is 5.20. The maximum Gasteiger partial charge on any atom is 0.134 e.